The Balaban J connectivity index is 1.50. The average molecular weight is 437 g/mol. The molecule has 1 heterocycles. The zero-order valence-electron chi connectivity index (χ0n) is 17.4. The Morgan fingerprint density at radius 1 is 0.903 bits per heavy atom. The number of carbonyl (C=O) groups excluding carboxylic acids is 1. The van der Waals surface area contributed by atoms with Crippen molar-refractivity contribution in [2.75, 3.05) is 31.8 Å². The van der Waals surface area contributed by atoms with Crippen LogP contribution in [0.3, 0.4) is 0 Å². The smallest absolute Gasteiger partial charge is 0.323 e. The zero-order valence-corrected chi connectivity index (χ0v) is 18.2. The molecular weight excluding hydrogens is 412 g/mol. The fraction of sp³-hybridized carbons (Fsp3) is 0.208. The number of amides is 2. The standard InChI is InChI=1S/C24H24N2O4S/c1-28-21-14-18(15-22(16-21)29-2)25-24(27)26-11-12-31-23(26)17-7-6-10-20(13-17)30-19-8-4-3-5-9-19/h3-10,13-16,23H,11-12H2,1-2H3,(H,25,27)/t23-/m1/s1. The normalized spacial score (nSPS) is 15.4. The minimum absolute atomic E-state index is 0.0909. The van der Waals surface area contributed by atoms with E-state index in [1.165, 1.54) is 0 Å². The van der Waals surface area contributed by atoms with E-state index >= 15 is 0 Å². The third kappa shape index (κ3) is 5.06. The topological polar surface area (TPSA) is 60.0 Å². The number of ether oxygens (including phenoxy) is 3. The van der Waals surface area contributed by atoms with Crippen molar-refractivity contribution in [3.05, 3.63) is 78.4 Å². The second-order valence-electron chi connectivity index (χ2n) is 6.94. The van der Waals surface area contributed by atoms with Crippen molar-refractivity contribution in [3.8, 4) is 23.0 Å². The Morgan fingerprint density at radius 2 is 1.61 bits per heavy atom. The summed E-state index contributed by atoms with van der Waals surface area (Å²) >= 11 is 1.73. The Labute approximate surface area is 186 Å². The second kappa shape index (κ2) is 9.66. The van der Waals surface area contributed by atoms with Crippen LogP contribution in [0.5, 0.6) is 23.0 Å². The molecule has 3 aromatic carbocycles. The van der Waals surface area contributed by atoms with Gasteiger partial charge >= 0.3 is 6.03 Å². The lowest BCUT2D eigenvalue weighted by atomic mass is 10.2. The van der Waals surface area contributed by atoms with Crippen LogP contribution < -0.4 is 19.5 Å². The number of methoxy groups -OCH3 is 2. The summed E-state index contributed by atoms with van der Waals surface area (Å²) in [5.41, 5.74) is 1.65. The predicted octanol–water partition coefficient (Wildman–Crippen LogP) is 5.78. The van der Waals surface area contributed by atoms with Gasteiger partial charge < -0.3 is 24.4 Å². The number of hydrogen-bond donors (Lipinski definition) is 1. The minimum Gasteiger partial charge on any atom is -0.497 e. The second-order valence-corrected chi connectivity index (χ2v) is 8.12. The van der Waals surface area contributed by atoms with E-state index in [-0.39, 0.29) is 11.4 Å². The molecule has 0 spiro atoms. The van der Waals surface area contributed by atoms with E-state index < -0.39 is 0 Å². The maximum absolute atomic E-state index is 13.1. The third-order valence-corrected chi connectivity index (χ3v) is 6.14. The number of carbonyl (C=O) groups is 1. The van der Waals surface area contributed by atoms with Crippen LogP contribution >= 0.6 is 11.8 Å². The highest BCUT2D eigenvalue weighted by atomic mass is 32.2. The van der Waals surface area contributed by atoms with Gasteiger partial charge in [0.15, 0.2) is 0 Å². The van der Waals surface area contributed by atoms with Gasteiger partial charge in [-0.2, -0.15) is 0 Å². The van der Waals surface area contributed by atoms with Gasteiger partial charge in [-0.05, 0) is 29.8 Å². The van der Waals surface area contributed by atoms with Crippen molar-refractivity contribution in [3.63, 3.8) is 0 Å². The highest BCUT2D eigenvalue weighted by Crippen LogP contribution is 2.40. The molecule has 0 bridgehead atoms. The SMILES string of the molecule is COc1cc(NC(=O)N2CCS[C@@H]2c2cccc(Oc3ccccc3)c2)cc(OC)c1. The first-order chi connectivity index (χ1) is 15.2. The molecule has 0 radical (unpaired) electrons. The Kier molecular flexibility index (Phi) is 6.52. The van der Waals surface area contributed by atoms with Crippen LogP contribution in [-0.2, 0) is 0 Å². The summed E-state index contributed by atoms with van der Waals surface area (Å²) in [6.07, 6.45) is 0. The minimum atomic E-state index is -0.167. The lowest BCUT2D eigenvalue weighted by molar-refractivity contribution is 0.214. The van der Waals surface area contributed by atoms with Crippen LogP contribution in [0.4, 0.5) is 10.5 Å². The number of thioether (sulfide) groups is 1. The summed E-state index contributed by atoms with van der Waals surface area (Å²) in [6, 6.07) is 22.7. The molecule has 1 aliphatic heterocycles. The van der Waals surface area contributed by atoms with Gasteiger partial charge in [-0.15, -0.1) is 11.8 Å². The highest BCUT2D eigenvalue weighted by molar-refractivity contribution is 7.99. The number of hydrogen-bond acceptors (Lipinski definition) is 5. The maximum atomic E-state index is 13.1. The van der Waals surface area contributed by atoms with Crippen LogP contribution in [-0.4, -0.2) is 37.4 Å². The number of anilines is 1. The molecule has 1 fully saturated rings. The van der Waals surface area contributed by atoms with Crippen LogP contribution in [0, 0.1) is 0 Å². The number of nitrogens with one attached hydrogen (secondary N) is 1. The molecule has 7 heteroatoms. The summed E-state index contributed by atoms with van der Waals surface area (Å²) < 4.78 is 16.6. The number of nitrogens with zero attached hydrogens (tertiary/aromatic N) is 1. The van der Waals surface area contributed by atoms with Crippen LogP contribution in [0.1, 0.15) is 10.9 Å². The van der Waals surface area contributed by atoms with E-state index in [1.807, 2.05) is 59.5 Å². The fourth-order valence-electron chi connectivity index (χ4n) is 3.39. The molecule has 2 amide bonds. The van der Waals surface area contributed by atoms with Gasteiger partial charge in [0, 0.05) is 36.2 Å². The summed E-state index contributed by atoms with van der Waals surface area (Å²) in [4.78, 5) is 14.9. The van der Waals surface area contributed by atoms with Crippen molar-refractivity contribution in [2.24, 2.45) is 0 Å². The van der Waals surface area contributed by atoms with Gasteiger partial charge in [0.05, 0.1) is 14.2 Å². The quantitative estimate of drug-likeness (QED) is 0.531. The molecule has 1 saturated heterocycles. The third-order valence-electron chi connectivity index (χ3n) is 4.88. The Hall–Kier alpha value is -3.32. The van der Waals surface area contributed by atoms with Gasteiger partial charge in [-0.3, -0.25) is 0 Å². The van der Waals surface area contributed by atoms with Crippen molar-refractivity contribution >= 4 is 23.5 Å². The van der Waals surface area contributed by atoms with Crippen molar-refractivity contribution in [1.29, 1.82) is 0 Å². The van der Waals surface area contributed by atoms with Crippen LogP contribution in [0.2, 0.25) is 0 Å². The van der Waals surface area contributed by atoms with E-state index in [1.54, 1.807) is 44.2 Å². The maximum Gasteiger partial charge on any atom is 0.323 e. The fourth-order valence-corrected chi connectivity index (χ4v) is 4.63. The molecule has 0 aliphatic carbocycles. The van der Waals surface area contributed by atoms with Gasteiger partial charge in [0.25, 0.3) is 0 Å². The summed E-state index contributed by atoms with van der Waals surface area (Å²) in [7, 11) is 3.16. The molecule has 0 unspecified atom stereocenters. The Morgan fingerprint density at radius 3 is 2.32 bits per heavy atom. The first kappa shape index (κ1) is 20.9. The predicted molar refractivity (Wildman–Crippen MR) is 123 cm³/mol. The van der Waals surface area contributed by atoms with E-state index in [9.17, 15) is 4.79 Å². The van der Waals surface area contributed by atoms with Crippen LogP contribution in [0.25, 0.3) is 0 Å². The lowest BCUT2D eigenvalue weighted by Gasteiger charge is -2.25. The molecule has 160 valence electrons. The lowest BCUT2D eigenvalue weighted by Crippen LogP contribution is -2.34. The summed E-state index contributed by atoms with van der Waals surface area (Å²) in [5, 5.41) is 2.88. The number of para-hydroxylation sites is 1. The first-order valence-corrected chi connectivity index (χ1v) is 11.0. The van der Waals surface area contributed by atoms with Gasteiger partial charge in [0.1, 0.15) is 28.4 Å². The van der Waals surface area contributed by atoms with Gasteiger partial charge in [-0.25, -0.2) is 4.79 Å². The summed E-state index contributed by atoms with van der Waals surface area (Å²) in [5.74, 6) is 3.62. The molecule has 0 aromatic heterocycles. The number of rotatable bonds is 6. The van der Waals surface area contributed by atoms with E-state index in [0.29, 0.717) is 23.7 Å². The van der Waals surface area contributed by atoms with Crippen molar-refractivity contribution < 1.29 is 19.0 Å². The number of benzene rings is 3. The molecule has 0 saturated carbocycles. The molecular formula is C24H24N2O4S. The average Bonchev–Trinajstić information content (AvgIpc) is 3.30. The van der Waals surface area contributed by atoms with E-state index in [0.717, 1.165) is 22.8 Å². The Bertz CT molecular complexity index is 1020. The molecule has 1 N–H and O–H groups in total. The molecule has 1 atom stereocenters. The van der Waals surface area contributed by atoms with E-state index in [2.05, 4.69) is 5.32 Å². The zero-order chi connectivity index (χ0) is 21.6. The van der Waals surface area contributed by atoms with Crippen molar-refractivity contribution in [2.45, 2.75) is 5.37 Å². The monoisotopic (exact) mass is 436 g/mol. The molecule has 1 aliphatic rings. The molecule has 31 heavy (non-hydrogen) atoms. The molecule has 4 rings (SSSR count). The summed E-state index contributed by atoms with van der Waals surface area (Å²) in [6.45, 7) is 0.659. The molecule has 3 aromatic rings. The molecule has 6 nitrogen and oxygen atoms in total. The van der Waals surface area contributed by atoms with Gasteiger partial charge in [-0.1, -0.05) is 30.3 Å². The van der Waals surface area contributed by atoms with Crippen molar-refractivity contribution in [1.82, 2.24) is 4.90 Å². The van der Waals surface area contributed by atoms with E-state index in [4.69, 9.17) is 14.2 Å². The largest absolute Gasteiger partial charge is 0.497 e. The first-order valence-electron chi connectivity index (χ1n) is 9.91. The number of urea groups is 1. The highest BCUT2D eigenvalue weighted by Gasteiger charge is 2.31. The van der Waals surface area contributed by atoms with Crippen LogP contribution in [0.15, 0.2) is 72.8 Å². The van der Waals surface area contributed by atoms with Gasteiger partial charge in [0.2, 0.25) is 0 Å².